The molecule has 2 aliphatic heterocycles. The van der Waals surface area contributed by atoms with Crippen LogP contribution in [0.2, 0.25) is 0 Å². The number of hydrogen-bond donors (Lipinski definition) is 7. The summed E-state index contributed by atoms with van der Waals surface area (Å²) in [5.41, 5.74) is 0. The van der Waals surface area contributed by atoms with Gasteiger partial charge in [0.1, 0.15) is 48.8 Å². The van der Waals surface area contributed by atoms with Gasteiger partial charge >= 0.3 is 0 Å². The number of methoxy groups -OCH3 is 2. The third-order valence-electron chi connectivity index (χ3n) is 4.49. The summed E-state index contributed by atoms with van der Waals surface area (Å²) >= 11 is 0. The van der Waals surface area contributed by atoms with Gasteiger partial charge in [-0.3, -0.25) is 0 Å². The molecule has 11 heteroatoms. The number of aliphatic hydroxyl groups is 6. The summed E-state index contributed by atoms with van der Waals surface area (Å²) in [6, 6.07) is 0. The molecule has 0 spiro atoms. The van der Waals surface area contributed by atoms with Crippen molar-refractivity contribution in [1.82, 2.24) is 5.32 Å². The Bertz CT molecular complexity index is 375. The minimum atomic E-state index is -1.43. The lowest BCUT2D eigenvalue weighted by molar-refractivity contribution is -0.292. The molecule has 148 valence electrons. The highest BCUT2D eigenvalue weighted by Gasteiger charge is 2.45. The Morgan fingerprint density at radius 2 is 1.00 bits per heavy atom. The Hall–Kier alpha value is -0.440. The van der Waals surface area contributed by atoms with E-state index >= 15 is 0 Å². The van der Waals surface area contributed by atoms with Crippen molar-refractivity contribution in [2.24, 2.45) is 0 Å². The van der Waals surface area contributed by atoms with E-state index in [0.717, 1.165) is 0 Å². The van der Waals surface area contributed by atoms with E-state index in [2.05, 4.69) is 5.32 Å². The van der Waals surface area contributed by atoms with Crippen molar-refractivity contribution >= 4 is 0 Å². The van der Waals surface area contributed by atoms with Crippen LogP contribution < -0.4 is 5.32 Å². The monoisotopic (exact) mass is 369 g/mol. The normalized spacial score (nSPS) is 48.5. The van der Waals surface area contributed by atoms with Gasteiger partial charge in [-0.2, -0.15) is 0 Å². The highest BCUT2D eigenvalue weighted by molar-refractivity contribution is 4.92. The van der Waals surface area contributed by atoms with Crippen molar-refractivity contribution in [1.29, 1.82) is 0 Å². The van der Waals surface area contributed by atoms with Crippen molar-refractivity contribution in [3.63, 3.8) is 0 Å². The van der Waals surface area contributed by atoms with E-state index in [9.17, 15) is 30.6 Å². The van der Waals surface area contributed by atoms with Gasteiger partial charge < -0.3 is 54.9 Å². The van der Waals surface area contributed by atoms with Gasteiger partial charge in [0, 0.05) is 27.3 Å². The maximum atomic E-state index is 9.96. The molecule has 2 fully saturated rings. The largest absolute Gasteiger partial charge is 0.388 e. The first-order valence-corrected chi connectivity index (χ1v) is 7.97. The fourth-order valence-corrected chi connectivity index (χ4v) is 2.93. The zero-order chi connectivity index (χ0) is 18.7. The summed E-state index contributed by atoms with van der Waals surface area (Å²) < 4.78 is 20.5. The summed E-state index contributed by atoms with van der Waals surface area (Å²) in [5.74, 6) is 0. The van der Waals surface area contributed by atoms with Crippen molar-refractivity contribution in [2.45, 2.75) is 61.4 Å². The van der Waals surface area contributed by atoms with Gasteiger partial charge in [-0.15, -0.1) is 0 Å². The Kier molecular flexibility index (Phi) is 7.49. The van der Waals surface area contributed by atoms with Crippen LogP contribution in [0, 0.1) is 0 Å². The molecule has 0 aromatic heterocycles. The predicted octanol–water partition coefficient (Wildman–Crippen LogP) is -4.52. The molecule has 0 unspecified atom stereocenters. The first kappa shape index (κ1) is 20.9. The molecule has 2 aliphatic rings. The third-order valence-corrected chi connectivity index (χ3v) is 4.49. The van der Waals surface area contributed by atoms with Gasteiger partial charge in [-0.1, -0.05) is 0 Å². The minimum absolute atomic E-state index is 0.0493. The van der Waals surface area contributed by atoms with Gasteiger partial charge in [0.2, 0.25) is 0 Å². The van der Waals surface area contributed by atoms with Crippen LogP contribution in [0.1, 0.15) is 0 Å². The summed E-state index contributed by atoms with van der Waals surface area (Å²) in [5, 5.41) is 61.8. The average Bonchev–Trinajstić information content (AvgIpc) is 2.61. The maximum Gasteiger partial charge on any atom is 0.186 e. The molecule has 0 amide bonds. The number of nitrogens with one attached hydrogen (secondary N) is 1. The van der Waals surface area contributed by atoms with Crippen LogP contribution in [0.15, 0.2) is 0 Å². The van der Waals surface area contributed by atoms with Crippen LogP contribution in [0.3, 0.4) is 0 Å². The molecule has 0 aromatic carbocycles. The summed E-state index contributed by atoms with van der Waals surface area (Å²) in [4.78, 5) is 0. The van der Waals surface area contributed by atoms with E-state index < -0.39 is 61.4 Å². The number of hydrogen-bond acceptors (Lipinski definition) is 11. The van der Waals surface area contributed by atoms with E-state index in [1.165, 1.54) is 14.2 Å². The smallest absolute Gasteiger partial charge is 0.186 e. The molecule has 0 aliphatic carbocycles. The zero-order valence-electron chi connectivity index (χ0n) is 14.0. The second-order valence-electron chi connectivity index (χ2n) is 6.16. The minimum Gasteiger partial charge on any atom is -0.388 e. The van der Waals surface area contributed by atoms with Crippen LogP contribution in [-0.4, -0.2) is 119 Å². The predicted molar refractivity (Wildman–Crippen MR) is 80.3 cm³/mol. The number of ether oxygens (including phenoxy) is 4. The molecule has 2 saturated heterocycles. The average molecular weight is 369 g/mol. The van der Waals surface area contributed by atoms with Crippen LogP contribution in [0.5, 0.6) is 0 Å². The van der Waals surface area contributed by atoms with Gasteiger partial charge in [-0.25, -0.2) is 0 Å². The molecular weight excluding hydrogens is 342 g/mol. The molecule has 11 nitrogen and oxygen atoms in total. The number of rotatable bonds is 6. The van der Waals surface area contributed by atoms with E-state index in [1.807, 2.05) is 0 Å². The van der Waals surface area contributed by atoms with E-state index in [0.29, 0.717) is 0 Å². The lowest BCUT2D eigenvalue weighted by Crippen LogP contribution is -2.62. The van der Waals surface area contributed by atoms with Crippen molar-refractivity contribution < 1.29 is 49.6 Å². The molecule has 0 aromatic rings. The zero-order valence-corrected chi connectivity index (χ0v) is 14.0. The van der Waals surface area contributed by atoms with Crippen LogP contribution in [0.4, 0.5) is 0 Å². The van der Waals surface area contributed by atoms with Gasteiger partial charge in [0.05, 0.1) is 0 Å². The third kappa shape index (κ3) is 4.46. The van der Waals surface area contributed by atoms with Crippen LogP contribution in [-0.2, 0) is 18.9 Å². The molecular formula is C14H27NO10. The molecule has 25 heavy (non-hydrogen) atoms. The SMILES string of the molecule is CO[C@H]1O[C@H](CNC[C@H]2O[C@H](OC)[C@H](O)[C@@H](O)[C@@H]2O)[C@@H](O)[C@H](O)[C@@H]1O. The van der Waals surface area contributed by atoms with Gasteiger partial charge in [0.15, 0.2) is 12.6 Å². The topological polar surface area (TPSA) is 170 Å². The van der Waals surface area contributed by atoms with Crippen LogP contribution >= 0.6 is 0 Å². The fraction of sp³-hybridized carbons (Fsp3) is 1.00. The summed E-state index contributed by atoms with van der Waals surface area (Å²) in [6.45, 7) is 0.0986. The van der Waals surface area contributed by atoms with Crippen molar-refractivity contribution in [3.8, 4) is 0 Å². The van der Waals surface area contributed by atoms with Crippen molar-refractivity contribution in [3.05, 3.63) is 0 Å². The van der Waals surface area contributed by atoms with Crippen molar-refractivity contribution in [2.75, 3.05) is 27.3 Å². The Morgan fingerprint density at radius 3 is 1.32 bits per heavy atom. The Morgan fingerprint density at radius 1 is 0.640 bits per heavy atom. The quantitative estimate of drug-likeness (QED) is 0.241. The standard InChI is InChI=1S/C14H27NO10/c1-22-13-11(20)9(18)7(16)5(24-13)3-15-4-6-8(17)10(19)12(21)14(23-2)25-6/h5-21H,3-4H2,1-2H3/t5-,6-,7-,8-,9+,10+,11-,12+,13+,14+/m1/s1. The number of aliphatic hydroxyl groups excluding tert-OH is 6. The molecule has 0 saturated carbocycles. The highest BCUT2D eigenvalue weighted by atomic mass is 16.7. The second kappa shape index (κ2) is 8.97. The first-order chi connectivity index (χ1) is 11.8. The molecule has 7 N–H and O–H groups in total. The molecule has 0 radical (unpaired) electrons. The lowest BCUT2D eigenvalue weighted by atomic mass is 9.97. The summed E-state index contributed by atoms with van der Waals surface area (Å²) in [6.07, 6.45) is -12.2. The van der Waals surface area contributed by atoms with Crippen LogP contribution in [0.25, 0.3) is 0 Å². The maximum absolute atomic E-state index is 9.96. The lowest BCUT2D eigenvalue weighted by Gasteiger charge is -2.41. The first-order valence-electron chi connectivity index (χ1n) is 7.97. The molecule has 10 atom stereocenters. The van der Waals surface area contributed by atoms with E-state index in [4.69, 9.17) is 18.9 Å². The molecule has 0 bridgehead atoms. The van der Waals surface area contributed by atoms with E-state index in [-0.39, 0.29) is 13.1 Å². The second-order valence-corrected chi connectivity index (χ2v) is 6.16. The highest BCUT2D eigenvalue weighted by Crippen LogP contribution is 2.23. The Labute approximate surface area is 144 Å². The van der Waals surface area contributed by atoms with E-state index in [1.54, 1.807) is 0 Å². The fourth-order valence-electron chi connectivity index (χ4n) is 2.93. The molecule has 2 rings (SSSR count). The van der Waals surface area contributed by atoms with Gasteiger partial charge in [-0.05, 0) is 0 Å². The molecule has 2 heterocycles. The summed E-state index contributed by atoms with van der Waals surface area (Å²) in [7, 11) is 2.60. The Balaban J connectivity index is 1.87. The van der Waals surface area contributed by atoms with Gasteiger partial charge in [0.25, 0.3) is 0 Å².